The van der Waals surface area contributed by atoms with Crippen LogP contribution in [0, 0.1) is 5.92 Å². The van der Waals surface area contributed by atoms with Crippen molar-refractivity contribution in [2.75, 3.05) is 66.2 Å². The van der Waals surface area contributed by atoms with E-state index in [2.05, 4.69) is 36.0 Å². The van der Waals surface area contributed by atoms with Crippen LogP contribution in [0.15, 0.2) is 4.99 Å². The monoisotopic (exact) mass is 454 g/mol. The predicted octanol–water partition coefficient (Wildman–Crippen LogP) is 1.65. The van der Waals surface area contributed by atoms with Crippen molar-refractivity contribution in [2.24, 2.45) is 10.9 Å². The summed E-state index contributed by atoms with van der Waals surface area (Å²) in [6.07, 6.45) is 2.69. The van der Waals surface area contributed by atoms with Crippen LogP contribution < -0.4 is 5.32 Å². The summed E-state index contributed by atoms with van der Waals surface area (Å²) < 4.78 is 11.1. The van der Waals surface area contributed by atoms with Crippen LogP contribution in [0.5, 0.6) is 0 Å². The maximum Gasteiger partial charge on any atom is 0.193 e. The first kappa shape index (κ1) is 21.9. The smallest absolute Gasteiger partial charge is 0.193 e. The highest BCUT2D eigenvalue weighted by molar-refractivity contribution is 14.0. The van der Waals surface area contributed by atoms with Crippen LogP contribution in [0.3, 0.4) is 0 Å². The minimum atomic E-state index is 0. The SMILES string of the molecule is CCNC(=NCC(C)N1CCOCC1)N(C)CCOCC1CC1.I. The van der Waals surface area contributed by atoms with Crippen LogP contribution in [-0.4, -0.2) is 88.0 Å². The second kappa shape index (κ2) is 12.3. The molecule has 0 aromatic carbocycles. The highest BCUT2D eigenvalue weighted by atomic mass is 127. The normalized spacial score (nSPS) is 20.4. The molecule has 2 fully saturated rings. The molecule has 1 N–H and O–H groups in total. The maximum absolute atomic E-state index is 5.73. The Bertz CT molecular complexity index is 360. The fraction of sp³-hybridized carbons (Fsp3) is 0.941. The van der Waals surface area contributed by atoms with E-state index in [1.807, 2.05) is 0 Å². The lowest BCUT2D eigenvalue weighted by atomic mass is 10.2. The molecule has 142 valence electrons. The molecule has 2 rings (SSSR count). The molecule has 0 radical (unpaired) electrons. The Labute approximate surface area is 164 Å². The lowest BCUT2D eigenvalue weighted by Crippen LogP contribution is -2.45. The third kappa shape index (κ3) is 8.31. The molecule has 1 aliphatic carbocycles. The number of likely N-dealkylation sites (N-methyl/N-ethyl adjacent to an activating group) is 1. The van der Waals surface area contributed by atoms with Crippen LogP contribution in [0.4, 0.5) is 0 Å². The second-order valence-corrected chi connectivity index (χ2v) is 6.63. The Morgan fingerprint density at radius 2 is 2.08 bits per heavy atom. The van der Waals surface area contributed by atoms with E-state index in [0.29, 0.717) is 6.04 Å². The van der Waals surface area contributed by atoms with Crippen molar-refractivity contribution in [3.05, 3.63) is 0 Å². The molecule has 1 heterocycles. The molecule has 1 atom stereocenters. The molecule has 0 amide bonds. The van der Waals surface area contributed by atoms with E-state index in [1.54, 1.807) is 0 Å². The zero-order chi connectivity index (χ0) is 16.5. The minimum absolute atomic E-state index is 0. The molecule has 0 aromatic rings. The van der Waals surface area contributed by atoms with Gasteiger partial charge in [-0.05, 0) is 32.6 Å². The van der Waals surface area contributed by atoms with Crippen LogP contribution in [-0.2, 0) is 9.47 Å². The van der Waals surface area contributed by atoms with Gasteiger partial charge in [0.25, 0.3) is 0 Å². The van der Waals surface area contributed by atoms with Gasteiger partial charge in [-0.1, -0.05) is 0 Å². The Morgan fingerprint density at radius 1 is 1.38 bits per heavy atom. The van der Waals surface area contributed by atoms with Crippen molar-refractivity contribution in [1.82, 2.24) is 15.1 Å². The molecule has 0 spiro atoms. The van der Waals surface area contributed by atoms with Crippen molar-refractivity contribution in [3.63, 3.8) is 0 Å². The first-order valence-electron chi connectivity index (χ1n) is 9.09. The first-order valence-corrected chi connectivity index (χ1v) is 9.09. The molecular weight excluding hydrogens is 419 g/mol. The van der Waals surface area contributed by atoms with E-state index in [-0.39, 0.29) is 24.0 Å². The van der Waals surface area contributed by atoms with Gasteiger partial charge in [-0.2, -0.15) is 0 Å². The Balaban J connectivity index is 0.00000288. The van der Waals surface area contributed by atoms with E-state index < -0.39 is 0 Å². The van der Waals surface area contributed by atoms with Crippen molar-refractivity contribution in [3.8, 4) is 0 Å². The summed E-state index contributed by atoms with van der Waals surface area (Å²) in [5.41, 5.74) is 0. The molecule has 24 heavy (non-hydrogen) atoms. The van der Waals surface area contributed by atoms with Crippen molar-refractivity contribution < 1.29 is 9.47 Å². The first-order chi connectivity index (χ1) is 11.2. The summed E-state index contributed by atoms with van der Waals surface area (Å²) in [6, 6.07) is 0.451. The van der Waals surface area contributed by atoms with E-state index in [9.17, 15) is 0 Å². The van der Waals surface area contributed by atoms with Gasteiger partial charge in [0, 0.05) is 45.9 Å². The standard InChI is InChI=1S/C17H34N4O2.HI/c1-4-18-17(20(3)7-10-23-14-16-5-6-16)19-13-15(2)21-8-11-22-12-9-21;/h15-16H,4-14H2,1-3H3,(H,18,19);1H. The van der Waals surface area contributed by atoms with Gasteiger partial charge in [-0.15, -0.1) is 24.0 Å². The Kier molecular flexibility index (Phi) is 11.2. The average molecular weight is 454 g/mol. The quantitative estimate of drug-likeness (QED) is 0.249. The number of guanidine groups is 1. The summed E-state index contributed by atoms with van der Waals surface area (Å²) in [6.45, 7) is 12.3. The predicted molar refractivity (Wildman–Crippen MR) is 109 cm³/mol. The van der Waals surface area contributed by atoms with Crippen molar-refractivity contribution >= 4 is 29.9 Å². The molecule has 0 bridgehead atoms. The van der Waals surface area contributed by atoms with Gasteiger partial charge in [-0.25, -0.2) is 0 Å². The maximum atomic E-state index is 5.73. The van der Waals surface area contributed by atoms with Gasteiger partial charge in [-0.3, -0.25) is 9.89 Å². The topological polar surface area (TPSA) is 49.3 Å². The van der Waals surface area contributed by atoms with Crippen LogP contribution in [0.2, 0.25) is 0 Å². The van der Waals surface area contributed by atoms with E-state index in [0.717, 1.165) is 71.0 Å². The number of morpholine rings is 1. The van der Waals surface area contributed by atoms with Gasteiger partial charge in [0.15, 0.2) is 5.96 Å². The number of rotatable bonds is 9. The van der Waals surface area contributed by atoms with Gasteiger partial charge in [0.1, 0.15) is 0 Å². The molecular formula is C17H35IN4O2. The van der Waals surface area contributed by atoms with Gasteiger partial charge >= 0.3 is 0 Å². The summed E-state index contributed by atoms with van der Waals surface area (Å²) in [5, 5.41) is 3.38. The largest absolute Gasteiger partial charge is 0.379 e. The molecule has 1 saturated heterocycles. The number of hydrogen-bond acceptors (Lipinski definition) is 4. The number of halogens is 1. The summed E-state index contributed by atoms with van der Waals surface area (Å²) in [5.74, 6) is 1.80. The molecule has 1 saturated carbocycles. The van der Waals surface area contributed by atoms with Crippen LogP contribution in [0.1, 0.15) is 26.7 Å². The molecule has 1 aliphatic heterocycles. The van der Waals surface area contributed by atoms with Gasteiger partial charge in [0.2, 0.25) is 0 Å². The summed E-state index contributed by atoms with van der Waals surface area (Å²) in [4.78, 5) is 9.43. The van der Waals surface area contributed by atoms with E-state index >= 15 is 0 Å². The zero-order valence-electron chi connectivity index (χ0n) is 15.5. The highest BCUT2D eigenvalue weighted by Crippen LogP contribution is 2.28. The number of nitrogens with zero attached hydrogens (tertiary/aromatic N) is 3. The lowest BCUT2D eigenvalue weighted by Gasteiger charge is -2.31. The average Bonchev–Trinajstić information content (AvgIpc) is 3.40. The molecule has 6 nitrogen and oxygen atoms in total. The molecule has 1 unspecified atom stereocenters. The van der Waals surface area contributed by atoms with Crippen LogP contribution >= 0.6 is 24.0 Å². The molecule has 0 aromatic heterocycles. The highest BCUT2D eigenvalue weighted by Gasteiger charge is 2.21. The fourth-order valence-corrected chi connectivity index (χ4v) is 2.66. The summed E-state index contributed by atoms with van der Waals surface area (Å²) in [7, 11) is 2.08. The Morgan fingerprint density at radius 3 is 2.71 bits per heavy atom. The number of aliphatic imine (C=N–C) groups is 1. The Hall–Kier alpha value is -0.120. The lowest BCUT2D eigenvalue weighted by molar-refractivity contribution is 0.0220. The fourth-order valence-electron chi connectivity index (χ4n) is 2.66. The number of hydrogen-bond donors (Lipinski definition) is 1. The van der Waals surface area contributed by atoms with Crippen molar-refractivity contribution in [2.45, 2.75) is 32.7 Å². The van der Waals surface area contributed by atoms with E-state index in [4.69, 9.17) is 14.5 Å². The summed E-state index contributed by atoms with van der Waals surface area (Å²) >= 11 is 0. The zero-order valence-corrected chi connectivity index (χ0v) is 17.8. The second-order valence-electron chi connectivity index (χ2n) is 6.63. The van der Waals surface area contributed by atoms with Gasteiger partial charge in [0.05, 0.1) is 26.4 Å². The molecule has 7 heteroatoms. The minimum Gasteiger partial charge on any atom is -0.379 e. The number of nitrogens with one attached hydrogen (secondary N) is 1. The third-order valence-electron chi connectivity index (χ3n) is 4.49. The van der Waals surface area contributed by atoms with E-state index in [1.165, 1.54) is 12.8 Å². The number of ether oxygens (including phenoxy) is 2. The third-order valence-corrected chi connectivity index (χ3v) is 4.49. The molecule has 2 aliphatic rings. The van der Waals surface area contributed by atoms with Crippen LogP contribution in [0.25, 0.3) is 0 Å². The van der Waals surface area contributed by atoms with Crippen molar-refractivity contribution in [1.29, 1.82) is 0 Å². The van der Waals surface area contributed by atoms with Gasteiger partial charge < -0.3 is 19.7 Å².